The summed E-state index contributed by atoms with van der Waals surface area (Å²) < 4.78 is 1.10. The average molecular weight is 372 g/mol. The van der Waals surface area contributed by atoms with Gasteiger partial charge in [-0.15, -0.1) is 0 Å². The van der Waals surface area contributed by atoms with Gasteiger partial charge in [0.2, 0.25) is 0 Å². The molecule has 0 bridgehead atoms. The number of rotatable bonds is 2. The Kier molecular flexibility index (Phi) is 4.36. The molecule has 0 N–H and O–H groups in total. The average Bonchev–Trinajstić information content (AvgIpc) is 3.05. The van der Waals surface area contributed by atoms with Crippen molar-refractivity contribution in [2.45, 2.75) is 6.92 Å². The molecule has 0 radical (unpaired) electrons. The number of carbonyl (C=O) groups excluding carboxylic acids is 1. The highest BCUT2D eigenvalue weighted by atomic mass is 35.5. The summed E-state index contributed by atoms with van der Waals surface area (Å²) in [5, 5.41) is 1.73. The number of hydrogen-bond donors (Lipinski definition) is 0. The van der Waals surface area contributed by atoms with Crippen molar-refractivity contribution in [3.63, 3.8) is 0 Å². The molecule has 128 valence electrons. The largest absolute Gasteiger partial charge is 0.345 e. The molecule has 0 aliphatic carbocycles. The minimum Gasteiger partial charge on any atom is -0.345 e. The Bertz CT molecular complexity index is 914. The number of anilines is 1. The standard InChI is InChI=1S/C19H18ClN3OS/c1-13-2-4-14(5-3-13)18(24)22-8-10-23(11-9-22)19-21-16-7-6-15(20)12-17(16)25-19/h2-7,12H,8-11H2,1H3. The zero-order chi connectivity index (χ0) is 17.4. The van der Waals surface area contributed by atoms with Crippen LogP contribution in [0.25, 0.3) is 10.2 Å². The number of amides is 1. The van der Waals surface area contributed by atoms with Gasteiger partial charge in [-0.1, -0.05) is 40.6 Å². The molecule has 0 spiro atoms. The molecule has 1 amide bonds. The highest BCUT2D eigenvalue weighted by molar-refractivity contribution is 7.22. The first kappa shape index (κ1) is 16.4. The van der Waals surface area contributed by atoms with Crippen LogP contribution in [0.1, 0.15) is 15.9 Å². The summed E-state index contributed by atoms with van der Waals surface area (Å²) in [5.74, 6) is 0.107. The van der Waals surface area contributed by atoms with E-state index in [9.17, 15) is 4.79 Å². The highest BCUT2D eigenvalue weighted by Crippen LogP contribution is 2.31. The van der Waals surface area contributed by atoms with Crippen LogP contribution in [-0.2, 0) is 0 Å². The monoisotopic (exact) mass is 371 g/mol. The Balaban J connectivity index is 1.45. The summed E-state index contributed by atoms with van der Waals surface area (Å²) in [6.07, 6.45) is 0. The number of aromatic nitrogens is 1. The summed E-state index contributed by atoms with van der Waals surface area (Å²) in [4.78, 5) is 21.5. The van der Waals surface area contributed by atoms with Gasteiger partial charge in [0.1, 0.15) is 0 Å². The van der Waals surface area contributed by atoms with E-state index in [1.165, 1.54) is 0 Å². The fourth-order valence-electron chi connectivity index (χ4n) is 3.00. The predicted molar refractivity (Wildman–Crippen MR) is 104 cm³/mol. The van der Waals surface area contributed by atoms with Gasteiger partial charge < -0.3 is 9.80 Å². The van der Waals surface area contributed by atoms with Crippen LogP contribution in [0.15, 0.2) is 42.5 Å². The van der Waals surface area contributed by atoms with Gasteiger partial charge in [-0.25, -0.2) is 4.98 Å². The third kappa shape index (κ3) is 3.34. The molecule has 1 aliphatic rings. The second-order valence-electron chi connectivity index (χ2n) is 6.25. The maximum Gasteiger partial charge on any atom is 0.253 e. The van der Waals surface area contributed by atoms with Crippen molar-refractivity contribution in [2.24, 2.45) is 0 Å². The molecular weight excluding hydrogens is 354 g/mol. The molecule has 0 saturated carbocycles. The van der Waals surface area contributed by atoms with Crippen molar-refractivity contribution < 1.29 is 4.79 Å². The number of benzene rings is 2. The van der Waals surface area contributed by atoms with Crippen LogP contribution in [0, 0.1) is 6.92 Å². The van der Waals surface area contributed by atoms with Gasteiger partial charge in [0.05, 0.1) is 10.2 Å². The van der Waals surface area contributed by atoms with E-state index < -0.39 is 0 Å². The van der Waals surface area contributed by atoms with Crippen LogP contribution in [0.3, 0.4) is 0 Å². The number of thiazole rings is 1. The lowest BCUT2D eigenvalue weighted by atomic mass is 10.1. The van der Waals surface area contributed by atoms with E-state index in [2.05, 4.69) is 4.90 Å². The van der Waals surface area contributed by atoms with E-state index in [0.717, 1.165) is 44.6 Å². The normalized spacial score (nSPS) is 15.0. The van der Waals surface area contributed by atoms with Gasteiger partial charge in [0.25, 0.3) is 5.91 Å². The number of nitrogens with zero attached hydrogens (tertiary/aromatic N) is 3. The van der Waals surface area contributed by atoms with Gasteiger partial charge in [0, 0.05) is 36.8 Å². The van der Waals surface area contributed by atoms with E-state index in [-0.39, 0.29) is 5.91 Å². The first-order valence-electron chi connectivity index (χ1n) is 8.27. The fourth-order valence-corrected chi connectivity index (χ4v) is 4.29. The first-order chi connectivity index (χ1) is 12.1. The van der Waals surface area contributed by atoms with E-state index >= 15 is 0 Å². The molecule has 3 aromatic rings. The van der Waals surface area contributed by atoms with Crippen LogP contribution in [0.5, 0.6) is 0 Å². The molecule has 6 heteroatoms. The first-order valence-corrected chi connectivity index (χ1v) is 9.46. The maximum absolute atomic E-state index is 12.6. The molecular formula is C19H18ClN3OS. The number of halogens is 1. The summed E-state index contributed by atoms with van der Waals surface area (Å²) in [6, 6.07) is 13.5. The third-order valence-electron chi connectivity index (χ3n) is 4.48. The van der Waals surface area contributed by atoms with E-state index in [4.69, 9.17) is 16.6 Å². The number of carbonyl (C=O) groups is 1. The molecule has 0 atom stereocenters. The van der Waals surface area contributed by atoms with Crippen molar-refractivity contribution in [3.8, 4) is 0 Å². The van der Waals surface area contributed by atoms with E-state index in [0.29, 0.717) is 13.1 Å². The Morgan fingerprint density at radius 3 is 2.52 bits per heavy atom. The minimum absolute atomic E-state index is 0.107. The van der Waals surface area contributed by atoms with E-state index in [1.807, 2.05) is 54.3 Å². The number of hydrogen-bond acceptors (Lipinski definition) is 4. The Morgan fingerprint density at radius 1 is 1.08 bits per heavy atom. The van der Waals surface area contributed by atoms with Crippen LogP contribution in [-0.4, -0.2) is 42.0 Å². The molecule has 1 aromatic heterocycles. The second-order valence-corrected chi connectivity index (χ2v) is 7.70. The number of fused-ring (bicyclic) bond motifs is 1. The number of aryl methyl sites for hydroxylation is 1. The topological polar surface area (TPSA) is 36.4 Å². The highest BCUT2D eigenvalue weighted by Gasteiger charge is 2.23. The molecule has 2 heterocycles. The van der Waals surface area contributed by atoms with Gasteiger partial charge in [-0.2, -0.15) is 0 Å². The molecule has 4 nitrogen and oxygen atoms in total. The summed E-state index contributed by atoms with van der Waals surface area (Å²) in [7, 11) is 0. The molecule has 1 fully saturated rings. The van der Waals surface area contributed by atoms with Crippen molar-refractivity contribution >= 4 is 44.2 Å². The zero-order valence-corrected chi connectivity index (χ0v) is 15.5. The molecule has 1 saturated heterocycles. The van der Waals surface area contributed by atoms with Crippen LogP contribution < -0.4 is 4.90 Å². The summed E-state index contributed by atoms with van der Waals surface area (Å²) >= 11 is 7.71. The van der Waals surface area contributed by atoms with Crippen LogP contribution in [0.4, 0.5) is 5.13 Å². The number of piperazine rings is 1. The van der Waals surface area contributed by atoms with Crippen LogP contribution in [0.2, 0.25) is 5.02 Å². The van der Waals surface area contributed by atoms with Gasteiger partial charge in [-0.05, 0) is 37.3 Å². The molecule has 0 unspecified atom stereocenters. The van der Waals surface area contributed by atoms with Crippen molar-refractivity contribution in [1.82, 2.24) is 9.88 Å². The van der Waals surface area contributed by atoms with Crippen molar-refractivity contribution in [1.29, 1.82) is 0 Å². The third-order valence-corrected chi connectivity index (χ3v) is 5.79. The lowest BCUT2D eigenvalue weighted by Gasteiger charge is -2.34. The summed E-state index contributed by atoms with van der Waals surface area (Å²) in [6.45, 7) is 5.04. The maximum atomic E-state index is 12.6. The molecule has 2 aromatic carbocycles. The minimum atomic E-state index is 0.107. The van der Waals surface area contributed by atoms with Crippen molar-refractivity contribution in [2.75, 3.05) is 31.1 Å². The van der Waals surface area contributed by atoms with Gasteiger partial charge in [0.15, 0.2) is 5.13 Å². The lowest BCUT2D eigenvalue weighted by molar-refractivity contribution is 0.0747. The zero-order valence-electron chi connectivity index (χ0n) is 13.9. The lowest BCUT2D eigenvalue weighted by Crippen LogP contribution is -2.48. The molecule has 4 rings (SSSR count). The quantitative estimate of drug-likeness (QED) is 0.676. The Labute approximate surface area is 155 Å². The second kappa shape index (κ2) is 6.65. The van der Waals surface area contributed by atoms with Gasteiger partial charge >= 0.3 is 0 Å². The van der Waals surface area contributed by atoms with E-state index in [1.54, 1.807) is 11.3 Å². The fraction of sp³-hybridized carbons (Fsp3) is 0.263. The predicted octanol–water partition coefficient (Wildman–Crippen LogP) is 4.22. The van der Waals surface area contributed by atoms with Gasteiger partial charge in [-0.3, -0.25) is 4.79 Å². The Morgan fingerprint density at radius 2 is 1.80 bits per heavy atom. The van der Waals surface area contributed by atoms with Crippen LogP contribution >= 0.6 is 22.9 Å². The molecule has 25 heavy (non-hydrogen) atoms. The smallest absolute Gasteiger partial charge is 0.253 e. The molecule has 1 aliphatic heterocycles. The van der Waals surface area contributed by atoms with Crippen molar-refractivity contribution in [3.05, 3.63) is 58.6 Å². The Hall–Kier alpha value is -2.11. The SMILES string of the molecule is Cc1ccc(C(=O)N2CCN(c3nc4ccc(Cl)cc4s3)CC2)cc1. The summed E-state index contributed by atoms with van der Waals surface area (Å²) in [5.41, 5.74) is 2.90.